The van der Waals surface area contributed by atoms with Gasteiger partial charge in [0.1, 0.15) is 11.4 Å². The molecule has 1 fully saturated rings. The SMILES string of the molecule is Cc1ccc(NC(=O)C2CCCN(C(=O)c3cc4cccc(Br)c4o3)C2)nc1. The third-order valence-electron chi connectivity index (χ3n) is 4.95. The van der Waals surface area contributed by atoms with Crippen LogP contribution in [0.25, 0.3) is 11.0 Å². The highest BCUT2D eigenvalue weighted by atomic mass is 79.9. The van der Waals surface area contributed by atoms with Crippen LogP contribution in [0.2, 0.25) is 0 Å². The number of carbonyl (C=O) groups is 2. The van der Waals surface area contributed by atoms with E-state index >= 15 is 0 Å². The number of amides is 2. The van der Waals surface area contributed by atoms with E-state index in [0.717, 1.165) is 28.3 Å². The lowest BCUT2D eigenvalue weighted by Crippen LogP contribution is -2.43. The van der Waals surface area contributed by atoms with Gasteiger partial charge in [-0.1, -0.05) is 18.2 Å². The zero-order chi connectivity index (χ0) is 19.7. The molecule has 2 aromatic heterocycles. The maximum Gasteiger partial charge on any atom is 0.289 e. The van der Waals surface area contributed by atoms with Gasteiger partial charge >= 0.3 is 0 Å². The second-order valence-corrected chi connectivity index (χ2v) is 7.92. The Balaban J connectivity index is 1.46. The van der Waals surface area contributed by atoms with Gasteiger partial charge in [-0.05, 0) is 59.5 Å². The molecule has 1 aromatic carbocycles. The maximum absolute atomic E-state index is 12.9. The van der Waals surface area contributed by atoms with Crippen LogP contribution in [0.4, 0.5) is 5.82 Å². The van der Waals surface area contributed by atoms with Crippen LogP contribution < -0.4 is 5.32 Å². The average molecular weight is 442 g/mol. The number of para-hydroxylation sites is 1. The number of hydrogen-bond acceptors (Lipinski definition) is 4. The number of anilines is 1. The molecule has 1 unspecified atom stereocenters. The topological polar surface area (TPSA) is 75.4 Å². The van der Waals surface area contributed by atoms with E-state index in [4.69, 9.17) is 4.42 Å². The molecule has 28 heavy (non-hydrogen) atoms. The molecule has 1 N–H and O–H groups in total. The van der Waals surface area contributed by atoms with Crippen LogP contribution in [0.1, 0.15) is 29.0 Å². The summed E-state index contributed by atoms with van der Waals surface area (Å²) in [4.78, 5) is 31.5. The lowest BCUT2D eigenvalue weighted by atomic mass is 9.97. The number of nitrogens with zero attached hydrogens (tertiary/aromatic N) is 2. The van der Waals surface area contributed by atoms with Crippen LogP contribution >= 0.6 is 15.9 Å². The van der Waals surface area contributed by atoms with E-state index in [-0.39, 0.29) is 17.7 Å². The number of benzene rings is 1. The van der Waals surface area contributed by atoms with E-state index in [1.165, 1.54) is 0 Å². The summed E-state index contributed by atoms with van der Waals surface area (Å²) in [5, 5.41) is 3.72. The third kappa shape index (κ3) is 3.80. The fourth-order valence-electron chi connectivity index (χ4n) is 3.43. The lowest BCUT2D eigenvalue weighted by Gasteiger charge is -2.31. The smallest absolute Gasteiger partial charge is 0.289 e. The number of hydrogen-bond donors (Lipinski definition) is 1. The molecule has 1 aliphatic heterocycles. The number of nitrogens with one attached hydrogen (secondary N) is 1. The molecule has 3 aromatic rings. The number of aryl methyl sites for hydroxylation is 1. The molecule has 3 heterocycles. The molecule has 6 nitrogen and oxygen atoms in total. The van der Waals surface area contributed by atoms with Gasteiger partial charge in [-0.2, -0.15) is 0 Å². The molecule has 0 saturated carbocycles. The Hall–Kier alpha value is -2.67. The van der Waals surface area contributed by atoms with Gasteiger partial charge in [0, 0.05) is 24.7 Å². The minimum Gasteiger partial charge on any atom is -0.450 e. The molecule has 1 aliphatic rings. The van der Waals surface area contributed by atoms with Crippen molar-refractivity contribution in [2.24, 2.45) is 5.92 Å². The van der Waals surface area contributed by atoms with Crippen LogP contribution in [-0.2, 0) is 4.79 Å². The van der Waals surface area contributed by atoms with Crippen LogP contribution in [0.5, 0.6) is 0 Å². The van der Waals surface area contributed by atoms with Gasteiger partial charge in [0.2, 0.25) is 5.91 Å². The zero-order valence-electron chi connectivity index (χ0n) is 15.4. The predicted molar refractivity (Wildman–Crippen MR) is 110 cm³/mol. The lowest BCUT2D eigenvalue weighted by molar-refractivity contribution is -0.121. The van der Waals surface area contributed by atoms with E-state index in [1.807, 2.05) is 31.2 Å². The Bertz CT molecular complexity index is 1030. The summed E-state index contributed by atoms with van der Waals surface area (Å²) in [6.07, 6.45) is 3.23. The van der Waals surface area contributed by atoms with Crippen molar-refractivity contribution >= 4 is 44.5 Å². The van der Waals surface area contributed by atoms with E-state index in [9.17, 15) is 9.59 Å². The first-order valence-electron chi connectivity index (χ1n) is 9.22. The van der Waals surface area contributed by atoms with Crippen molar-refractivity contribution in [2.45, 2.75) is 19.8 Å². The van der Waals surface area contributed by atoms with Gasteiger partial charge in [-0.15, -0.1) is 0 Å². The number of piperidine rings is 1. The molecule has 1 saturated heterocycles. The number of likely N-dealkylation sites (tertiary alicyclic amines) is 1. The van der Waals surface area contributed by atoms with E-state index in [2.05, 4.69) is 26.2 Å². The Labute approximate surface area is 171 Å². The molecule has 0 aliphatic carbocycles. The molecule has 0 radical (unpaired) electrons. The summed E-state index contributed by atoms with van der Waals surface area (Å²) in [5.74, 6) is 0.261. The monoisotopic (exact) mass is 441 g/mol. The van der Waals surface area contributed by atoms with Crippen molar-refractivity contribution in [3.8, 4) is 0 Å². The summed E-state index contributed by atoms with van der Waals surface area (Å²) in [5.41, 5.74) is 1.69. The van der Waals surface area contributed by atoms with Crippen molar-refractivity contribution in [3.05, 3.63) is 58.4 Å². The van der Waals surface area contributed by atoms with E-state index in [1.54, 1.807) is 23.2 Å². The number of carbonyl (C=O) groups excluding carboxylic acids is 2. The molecule has 1 atom stereocenters. The summed E-state index contributed by atoms with van der Waals surface area (Å²) in [6, 6.07) is 11.1. The molecule has 0 spiro atoms. The summed E-state index contributed by atoms with van der Waals surface area (Å²) >= 11 is 3.44. The largest absolute Gasteiger partial charge is 0.450 e. The fourth-order valence-corrected chi connectivity index (χ4v) is 3.90. The fraction of sp³-hybridized carbons (Fsp3) is 0.286. The van der Waals surface area contributed by atoms with Gasteiger partial charge < -0.3 is 14.6 Å². The average Bonchev–Trinajstić information content (AvgIpc) is 3.15. The third-order valence-corrected chi connectivity index (χ3v) is 5.57. The number of rotatable bonds is 3. The molecular formula is C21H20BrN3O3. The standard InChI is InChI=1S/C21H20BrN3O3/c1-13-7-8-18(23-11-13)24-20(26)15-5-3-9-25(12-15)21(27)17-10-14-4-2-6-16(22)19(14)28-17/h2,4,6-8,10-11,15H,3,5,9,12H2,1H3,(H,23,24,26). The normalized spacial score (nSPS) is 16.9. The Morgan fingerprint density at radius 2 is 2.14 bits per heavy atom. The van der Waals surface area contributed by atoms with Crippen molar-refractivity contribution in [3.63, 3.8) is 0 Å². The summed E-state index contributed by atoms with van der Waals surface area (Å²) < 4.78 is 6.58. The first-order valence-corrected chi connectivity index (χ1v) is 10.0. The van der Waals surface area contributed by atoms with Crippen LogP contribution in [-0.4, -0.2) is 34.8 Å². The quantitative estimate of drug-likeness (QED) is 0.653. The highest BCUT2D eigenvalue weighted by Crippen LogP contribution is 2.28. The Morgan fingerprint density at radius 1 is 1.29 bits per heavy atom. The molecular weight excluding hydrogens is 422 g/mol. The predicted octanol–water partition coefficient (Wildman–Crippen LogP) is 4.39. The minimum absolute atomic E-state index is 0.110. The number of pyridine rings is 1. The van der Waals surface area contributed by atoms with Crippen molar-refractivity contribution < 1.29 is 14.0 Å². The second kappa shape index (κ2) is 7.75. The van der Waals surface area contributed by atoms with Crippen molar-refractivity contribution in [2.75, 3.05) is 18.4 Å². The Morgan fingerprint density at radius 3 is 2.89 bits per heavy atom. The summed E-state index contributed by atoms with van der Waals surface area (Å²) in [7, 11) is 0. The van der Waals surface area contributed by atoms with Crippen molar-refractivity contribution in [1.29, 1.82) is 0 Å². The Kier molecular flexibility index (Phi) is 5.17. The highest BCUT2D eigenvalue weighted by Gasteiger charge is 2.30. The van der Waals surface area contributed by atoms with Crippen molar-refractivity contribution in [1.82, 2.24) is 9.88 Å². The number of halogens is 1. The molecule has 0 bridgehead atoms. The molecule has 2 amide bonds. The molecule has 4 rings (SSSR count). The van der Waals surface area contributed by atoms with Gasteiger partial charge in [-0.3, -0.25) is 9.59 Å². The minimum atomic E-state index is -0.267. The van der Waals surface area contributed by atoms with E-state index in [0.29, 0.717) is 30.3 Å². The van der Waals surface area contributed by atoms with E-state index < -0.39 is 0 Å². The molecule has 144 valence electrons. The van der Waals surface area contributed by atoms with Crippen LogP contribution in [0, 0.1) is 12.8 Å². The highest BCUT2D eigenvalue weighted by molar-refractivity contribution is 9.10. The summed E-state index contributed by atoms with van der Waals surface area (Å²) in [6.45, 7) is 2.93. The maximum atomic E-state index is 12.9. The van der Waals surface area contributed by atoms with Gasteiger partial charge in [0.25, 0.3) is 5.91 Å². The number of fused-ring (bicyclic) bond motifs is 1. The van der Waals surface area contributed by atoms with Crippen LogP contribution in [0.15, 0.2) is 51.5 Å². The number of furan rings is 1. The van der Waals surface area contributed by atoms with Crippen LogP contribution in [0.3, 0.4) is 0 Å². The first kappa shape index (κ1) is 18.7. The zero-order valence-corrected chi connectivity index (χ0v) is 17.0. The van der Waals surface area contributed by atoms with Gasteiger partial charge in [0.15, 0.2) is 5.76 Å². The second-order valence-electron chi connectivity index (χ2n) is 7.07. The van der Waals surface area contributed by atoms with Gasteiger partial charge in [0.05, 0.1) is 10.4 Å². The first-order chi connectivity index (χ1) is 13.5. The molecule has 7 heteroatoms. The number of aromatic nitrogens is 1. The van der Waals surface area contributed by atoms with Gasteiger partial charge in [-0.25, -0.2) is 4.98 Å².